The highest BCUT2D eigenvalue weighted by molar-refractivity contribution is 7.22. The zero-order valence-corrected chi connectivity index (χ0v) is 17.0. The first kappa shape index (κ1) is 18.8. The molecule has 0 unspecified atom stereocenters. The van der Waals surface area contributed by atoms with E-state index in [2.05, 4.69) is 40.1 Å². The molecule has 3 rings (SSSR count). The van der Waals surface area contributed by atoms with Gasteiger partial charge in [0.15, 0.2) is 5.13 Å². The summed E-state index contributed by atoms with van der Waals surface area (Å²) in [6.07, 6.45) is 0. The molecule has 0 fully saturated rings. The first-order valence-corrected chi connectivity index (χ1v) is 9.79. The third-order valence-corrected chi connectivity index (χ3v) is 5.74. The number of thiazole rings is 1. The molecule has 6 heteroatoms. The molecule has 4 nitrogen and oxygen atoms in total. The number of nitrogens with zero attached hydrogens (tertiary/aromatic N) is 2. The molecule has 0 saturated heterocycles. The van der Waals surface area contributed by atoms with Crippen molar-refractivity contribution >= 4 is 44.2 Å². The SMILES string of the molecule is Cc1ccc2sc(N(CC[NH+](C)C)C(=O)c3cccc(Cl)c3)nc2c1C. The van der Waals surface area contributed by atoms with Crippen molar-refractivity contribution in [2.24, 2.45) is 0 Å². The van der Waals surface area contributed by atoms with Crippen molar-refractivity contribution in [3.05, 3.63) is 58.1 Å². The molecule has 0 saturated carbocycles. The molecule has 2 aromatic carbocycles. The molecule has 0 bridgehead atoms. The second-order valence-corrected chi connectivity index (χ2v) is 8.22. The normalized spacial score (nSPS) is 11.3. The number of hydrogen-bond donors (Lipinski definition) is 1. The minimum Gasteiger partial charge on any atom is -0.338 e. The van der Waals surface area contributed by atoms with E-state index in [0.717, 1.165) is 21.9 Å². The average Bonchev–Trinajstić information content (AvgIpc) is 3.02. The van der Waals surface area contributed by atoms with E-state index in [1.165, 1.54) is 16.0 Å². The average molecular weight is 389 g/mol. The largest absolute Gasteiger partial charge is 0.338 e. The number of hydrogen-bond acceptors (Lipinski definition) is 3. The van der Waals surface area contributed by atoms with Gasteiger partial charge in [0.1, 0.15) is 0 Å². The Hall–Kier alpha value is -1.95. The molecule has 0 aliphatic rings. The number of quaternary nitrogens is 1. The minimum absolute atomic E-state index is 0.0674. The first-order valence-electron chi connectivity index (χ1n) is 8.60. The molecule has 26 heavy (non-hydrogen) atoms. The van der Waals surface area contributed by atoms with Crippen LogP contribution in [-0.4, -0.2) is 38.1 Å². The van der Waals surface area contributed by atoms with Gasteiger partial charge in [-0.3, -0.25) is 9.69 Å². The lowest BCUT2D eigenvalue weighted by Crippen LogP contribution is -3.06. The van der Waals surface area contributed by atoms with Gasteiger partial charge in [0.05, 0.1) is 37.4 Å². The molecule has 1 amide bonds. The molecule has 0 atom stereocenters. The predicted octanol–water partition coefficient (Wildman–Crippen LogP) is 3.36. The highest BCUT2D eigenvalue weighted by Crippen LogP contribution is 2.32. The van der Waals surface area contributed by atoms with Crippen LogP contribution in [0, 0.1) is 13.8 Å². The van der Waals surface area contributed by atoms with Gasteiger partial charge in [0.2, 0.25) is 0 Å². The van der Waals surface area contributed by atoms with Crippen molar-refractivity contribution in [3.63, 3.8) is 0 Å². The fourth-order valence-corrected chi connectivity index (χ4v) is 3.97. The van der Waals surface area contributed by atoms with Gasteiger partial charge in [-0.2, -0.15) is 0 Å². The summed E-state index contributed by atoms with van der Waals surface area (Å²) in [6.45, 7) is 5.60. The minimum atomic E-state index is -0.0674. The second-order valence-electron chi connectivity index (χ2n) is 6.77. The van der Waals surface area contributed by atoms with Crippen molar-refractivity contribution in [1.29, 1.82) is 0 Å². The van der Waals surface area contributed by atoms with E-state index in [1.54, 1.807) is 40.5 Å². The second kappa shape index (κ2) is 7.74. The molecule has 1 aromatic heterocycles. The maximum absolute atomic E-state index is 13.2. The molecule has 1 heterocycles. The Morgan fingerprint density at radius 2 is 2.00 bits per heavy atom. The van der Waals surface area contributed by atoms with Crippen LogP contribution in [0.5, 0.6) is 0 Å². The molecule has 136 valence electrons. The van der Waals surface area contributed by atoms with Gasteiger partial charge < -0.3 is 4.90 Å². The van der Waals surface area contributed by atoms with Gasteiger partial charge in [-0.1, -0.05) is 35.1 Å². The van der Waals surface area contributed by atoms with Crippen LogP contribution in [0.1, 0.15) is 21.5 Å². The van der Waals surface area contributed by atoms with E-state index in [1.807, 2.05) is 0 Å². The summed E-state index contributed by atoms with van der Waals surface area (Å²) in [7, 11) is 4.15. The number of carbonyl (C=O) groups is 1. The number of benzene rings is 2. The Bertz CT molecular complexity index is 951. The van der Waals surface area contributed by atoms with Crippen LogP contribution >= 0.6 is 22.9 Å². The monoisotopic (exact) mass is 388 g/mol. The van der Waals surface area contributed by atoms with Crippen LogP contribution < -0.4 is 9.80 Å². The molecular formula is C20H23ClN3OS+. The lowest BCUT2D eigenvalue weighted by atomic mass is 10.1. The quantitative estimate of drug-likeness (QED) is 0.727. The summed E-state index contributed by atoms with van der Waals surface area (Å²) in [4.78, 5) is 21.0. The smallest absolute Gasteiger partial charge is 0.260 e. The molecule has 0 radical (unpaired) electrons. The van der Waals surface area contributed by atoms with E-state index in [4.69, 9.17) is 16.6 Å². The fraction of sp³-hybridized carbons (Fsp3) is 0.300. The van der Waals surface area contributed by atoms with Crippen LogP contribution in [-0.2, 0) is 0 Å². The number of halogens is 1. The maximum Gasteiger partial charge on any atom is 0.260 e. The molecule has 1 N–H and O–H groups in total. The molecule has 3 aromatic rings. The van der Waals surface area contributed by atoms with Crippen LogP contribution in [0.15, 0.2) is 36.4 Å². The zero-order chi connectivity index (χ0) is 18.8. The highest BCUT2D eigenvalue weighted by Gasteiger charge is 2.23. The Morgan fingerprint density at radius 1 is 1.23 bits per heavy atom. The van der Waals surface area contributed by atoms with E-state index in [0.29, 0.717) is 17.1 Å². The maximum atomic E-state index is 13.2. The summed E-state index contributed by atoms with van der Waals surface area (Å²) in [6, 6.07) is 11.3. The summed E-state index contributed by atoms with van der Waals surface area (Å²) in [5.74, 6) is -0.0674. The van der Waals surface area contributed by atoms with Crippen molar-refractivity contribution in [2.75, 3.05) is 32.1 Å². The Morgan fingerprint density at radius 3 is 2.69 bits per heavy atom. The van der Waals surface area contributed by atoms with Gasteiger partial charge in [-0.05, 0) is 49.2 Å². The number of amides is 1. The number of rotatable bonds is 5. The molecule has 0 aliphatic heterocycles. The van der Waals surface area contributed by atoms with E-state index in [-0.39, 0.29) is 5.91 Å². The molecular weight excluding hydrogens is 366 g/mol. The van der Waals surface area contributed by atoms with E-state index in [9.17, 15) is 4.79 Å². The topological polar surface area (TPSA) is 37.6 Å². The summed E-state index contributed by atoms with van der Waals surface area (Å²) >= 11 is 7.64. The number of fused-ring (bicyclic) bond motifs is 1. The van der Waals surface area contributed by atoms with Gasteiger partial charge in [0, 0.05) is 10.6 Å². The van der Waals surface area contributed by atoms with Gasteiger partial charge in [0.25, 0.3) is 5.91 Å². The predicted molar refractivity (Wildman–Crippen MR) is 110 cm³/mol. The van der Waals surface area contributed by atoms with Crippen molar-refractivity contribution in [2.45, 2.75) is 13.8 Å². The number of aryl methyl sites for hydroxylation is 2. The van der Waals surface area contributed by atoms with Crippen LogP contribution in [0.4, 0.5) is 5.13 Å². The Balaban J connectivity index is 2.03. The van der Waals surface area contributed by atoms with Gasteiger partial charge in [-0.15, -0.1) is 0 Å². The summed E-state index contributed by atoms with van der Waals surface area (Å²) in [5.41, 5.74) is 3.93. The van der Waals surface area contributed by atoms with E-state index < -0.39 is 0 Å². The third kappa shape index (κ3) is 3.90. The number of likely N-dealkylation sites (N-methyl/N-ethyl adjacent to an activating group) is 1. The van der Waals surface area contributed by atoms with Crippen molar-refractivity contribution in [3.8, 4) is 0 Å². The number of carbonyl (C=O) groups excluding carboxylic acids is 1. The zero-order valence-electron chi connectivity index (χ0n) is 15.5. The highest BCUT2D eigenvalue weighted by atomic mass is 35.5. The third-order valence-electron chi connectivity index (χ3n) is 4.46. The van der Waals surface area contributed by atoms with E-state index >= 15 is 0 Å². The molecule has 0 spiro atoms. The molecule has 0 aliphatic carbocycles. The fourth-order valence-electron chi connectivity index (χ4n) is 2.73. The van der Waals surface area contributed by atoms with Crippen molar-refractivity contribution < 1.29 is 9.69 Å². The van der Waals surface area contributed by atoms with Gasteiger partial charge in [-0.25, -0.2) is 4.98 Å². The van der Waals surface area contributed by atoms with Gasteiger partial charge >= 0.3 is 0 Å². The Kier molecular flexibility index (Phi) is 5.61. The lowest BCUT2D eigenvalue weighted by Gasteiger charge is -2.20. The number of anilines is 1. The number of nitrogens with one attached hydrogen (secondary N) is 1. The number of aromatic nitrogens is 1. The van der Waals surface area contributed by atoms with Crippen LogP contribution in [0.2, 0.25) is 5.02 Å². The standard InChI is InChI=1S/C20H22ClN3OS/c1-13-8-9-17-18(14(13)2)22-20(26-17)24(11-10-23(3)4)19(25)15-6-5-7-16(21)12-15/h5-9,12H,10-11H2,1-4H3/p+1. The van der Waals surface area contributed by atoms with Crippen LogP contribution in [0.25, 0.3) is 10.2 Å². The summed E-state index contributed by atoms with van der Waals surface area (Å²) < 4.78 is 1.10. The van der Waals surface area contributed by atoms with Crippen LogP contribution in [0.3, 0.4) is 0 Å². The first-order chi connectivity index (χ1) is 12.4. The lowest BCUT2D eigenvalue weighted by molar-refractivity contribution is -0.856. The van der Waals surface area contributed by atoms with Crippen molar-refractivity contribution in [1.82, 2.24) is 4.98 Å². The Labute approximate surface area is 163 Å². The summed E-state index contributed by atoms with van der Waals surface area (Å²) in [5, 5.41) is 1.30.